The van der Waals surface area contributed by atoms with Crippen LogP contribution < -0.4 is 10.2 Å². The molecule has 1 amide bonds. The predicted molar refractivity (Wildman–Crippen MR) is 95.9 cm³/mol. The van der Waals surface area contributed by atoms with Crippen molar-refractivity contribution < 1.29 is 4.79 Å². The van der Waals surface area contributed by atoms with E-state index in [9.17, 15) is 4.79 Å². The van der Waals surface area contributed by atoms with Gasteiger partial charge in [0.1, 0.15) is 0 Å². The number of carbonyl (C=O) groups excluding carboxylic acids is 1. The molecule has 1 aromatic carbocycles. The van der Waals surface area contributed by atoms with Gasteiger partial charge in [0.05, 0.1) is 16.6 Å². The molecule has 0 aliphatic carbocycles. The zero-order valence-corrected chi connectivity index (χ0v) is 14.7. The molecule has 0 atom stereocenters. The third kappa shape index (κ3) is 4.35. The van der Waals surface area contributed by atoms with Crippen molar-refractivity contribution in [3.63, 3.8) is 0 Å². The minimum Gasteiger partial charge on any atom is -0.346 e. The van der Waals surface area contributed by atoms with Crippen LogP contribution in [0.2, 0.25) is 10.0 Å². The van der Waals surface area contributed by atoms with Gasteiger partial charge < -0.3 is 10.2 Å². The first kappa shape index (κ1) is 16.5. The molecule has 0 unspecified atom stereocenters. The molecule has 8 heteroatoms. The maximum atomic E-state index is 12.1. The Morgan fingerprint density at radius 2 is 2.00 bits per heavy atom. The van der Waals surface area contributed by atoms with Crippen LogP contribution in [0.15, 0.2) is 29.8 Å². The van der Waals surface area contributed by atoms with Crippen LogP contribution in [0.4, 0.5) is 10.8 Å². The van der Waals surface area contributed by atoms with Crippen molar-refractivity contribution in [3.8, 4) is 0 Å². The summed E-state index contributed by atoms with van der Waals surface area (Å²) in [5, 5.41) is 6.78. The van der Waals surface area contributed by atoms with Crippen LogP contribution >= 0.6 is 34.5 Å². The average molecular weight is 371 g/mol. The van der Waals surface area contributed by atoms with E-state index in [1.54, 1.807) is 29.5 Å². The summed E-state index contributed by atoms with van der Waals surface area (Å²) in [7, 11) is 0. The molecule has 1 aliphatic heterocycles. The number of rotatable bonds is 4. The fourth-order valence-corrected chi connectivity index (χ4v) is 3.44. The summed E-state index contributed by atoms with van der Waals surface area (Å²) in [5.74, 6) is -0.0499. The molecular formula is C15H16Cl2N4OS. The van der Waals surface area contributed by atoms with Crippen LogP contribution in [0, 0.1) is 0 Å². The molecule has 5 nitrogen and oxygen atoms in total. The van der Waals surface area contributed by atoms with E-state index in [-0.39, 0.29) is 5.91 Å². The lowest BCUT2D eigenvalue weighted by molar-refractivity contribution is -0.117. The molecular weight excluding hydrogens is 355 g/mol. The van der Waals surface area contributed by atoms with Gasteiger partial charge in [-0.05, 0) is 18.2 Å². The molecule has 2 heterocycles. The Morgan fingerprint density at radius 3 is 2.65 bits per heavy atom. The first-order valence-corrected chi connectivity index (χ1v) is 8.87. The number of thiazole rings is 1. The number of amides is 1. The molecule has 2 aromatic rings. The van der Waals surface area contributed by atoms with Crippen molar-refractivity contribution in [2.75, 3.05) is 42.9 Å². The maximum Gasteiger partial charge on any atom is 0.238 e. The highest BCUT2D eigenvalue weighted by molar-refractivity contribution is 7.13. The van der Waals surface area contributed by atoms with Gasteiger partial charge in [-0.25, -0.2) is 4.98 Å². The van der Waals surface area contributed by atoms with Crippen molar-refractivity contribution in [1.82, 2.24) is 9.88 Å². The number of carbonyl (C=O) groups is 1. The van der Waals surface area contributed by atoms with E-state index in [1.807, 2.05) is 11.6 Å². The first-order valence-electron chi connectivity index (χ1n) is 7.23. The van der Waals surface area contributed by atoms with E-state index in [0.717, 1.165) is 31.3 Å². The van der Waals surface area contributed by atoms with Crippen molar-refractivity contribution in [2.45, 2.75) is 0 Å². The maximum absolute atomic E-state index is 12.1. The second-order valence-electron chi connectivity index (χ2n) is 5.25. The summed E-state index contributed by atoms with van der Waals surface area (Å²) in [4.78, 5) is 20.8. The number of nitrogens with one attached hydrogen (secondary N) is 1. The van der Waals surface area contributed by atoms with Gasteiger partial charge in [0.2, 0.25) is 5.91 Å². The highest BCUT2D eigenvalue weighted by Crippen LogP contribution is 2.25. The van der Waals surface area contributed by atoms with Crippen molar-refractivity contribution in [3.05, 3.63) is 39.8 Å². The third-order valence-electron chi connectivity index (χ3n) is 3.63. The van der Waals surface area contributed by atoms with Crippen molar-refractivity contribution in [1.29, 1.82) is 0 Å². The van der Waals surface area contributed by atoms with Gasteiger partial charge in [-0.1, -0.05) is 23.2 Å². The lowest BCUT2D eigenvalue weighted by Gasteiger charge is -2.34. The van der Waals surface area contributed by atoms with Crippen LogP contribution in [0.5, 0.6) is 0 Å². The predicted octanol–water partition coefficient (Wildman–Crippen LogP) is 3.21. The summed E-state index contributed by atoms with van der Waals surface area (Å²) in [6.45, 7) is 3.82. The number of aromatic nitrogens is 1. The Kier molecular flexibility index (Phi) is 5.38. The Bertz CT molecular complexity index is 672. The van der Waals surface area contributed by atoms with Gasteiger partial charge in [0.25, 0.3) is 0 Å². The molecule has 0 saturated carbocycles. The SMILES string of the molecule is O=C(CN1CCN(c2nccs2)CC1)Nc1ccc(Cl)c(Cl)c1. The van der Waals surface area contributed by atoms with Crippen molar-refractivity contribution in [2.24, 2.45) is 0 Å². The molecule has 1 aliphatic rings. The Balaban J connectivity index is 1.48. The summed E-state index contributed by atoms with van der Waals surface area (Å²) in [5.41, 5.74) is 0.658. The van der Waals surface area contributed by atoms with Crippen LogP contribution in [0.1, 0.15) is 0 Å². The summed E-state index contributed by atoms with van der Waals surface area (Å²) < 4.78 is 0. The molecule has 0 bridgehead atoms. The molecule has 0 spiro atoms. The van der Waals surface area contributed by atoms with Gasteiger partial charge in [-0.2, -0.15) is 0 Å². The van der Waals surface area contributed by atoms with Gasteiger partial charge in [0.15, 0.2) is 5.13 Å². The fraction of sp³-hybridized carbons (Fsp3) is 0.333. The monoisotopic (exact) mass is 370 g/mol. The van der Waals surface area contributed by atoms with Gasteiger partial charge in [0, 0.05) is 43.4 Å². The minimum atomic E-state index is -0.0499. The number of anilines is 2. The number of hydrogen-bond donors (Lipinski definition) is 1. The quantitative estimate of drug-likeness (QED) is 0.897. The number of benzene rings is 1. The first-order chi connectivity index (χ1) is 11.1. The molecule has 1 fully saturated rings. The topological polar surface area (TPSA) is 48.5 Å². The molecule has 1 saturated heterocycles. The smallest absolute Gasteiger partial charge is 0.238 e. The average Bonchev–Trinajstić information content (AvgIpc) is 3.06. The molecule has 23 heavy (non-hydrogen) atoms. The lowest BCUT2D eigenvalue weighted by atomic mass is 10.3. The zero-order chi connectivity index (χ0) is 16.2. The normalized spacial score (nSPS) is 15.7. The van der Waals surface area contributed by atoms with E-state index < -0.39 is 0 Å². The van der Waals surface area contributed by atoms with E-state index in [1.165, 1.54) is 0 Å². The molecule has 1 aromatic heterocycles. The molecule has 0 radical (unpaired) electrons. The highest BCUT2D eigenvalue weighted by atomic mass is 35.5. The van der Waals surface area contributed by atoms with E-state index >= 15 is 0 Å². The van der Waals surface area contributed by atoms with Crippen LogP contribution in [-0.2, 0) is 4.79 Å². The highest BCUT2D eigenvalue weighted by Gasteiger charge is 2.20. The zero-order valence-electron chi connectivity index (χ0n) is 12.3. The van der Waals surface area contributed by atoms with E-state index in [4.69, 9.17) is 23.2 Å². The number of piperazine rings is 1. The summed E-state index contributed by atoms with van der Waals surface area (Å²) in [6.07, 6.45) is 1.82. The van der Waals surface area contributed by atoms with Crippen LogP contribution in [0.3, 0.4) is 0 Å². The number of nitrogens with zero attached hydrogens (tertiary/aromatic N) is 3. The minimum absolute atomic E-state index is 0.0499. The molecule has 3 rings (SSSR count). The molecule has 122 valence electrons. The van der Waals surface area contributed by atoms with Crippen molar-refractivity contribution >= 4 is 51.3 Å². The number of halogens is 2. The van der Waals surface area contributed by atoms with Gasteiger partial charge in [-0.15, -0.1) is 11.3 Å². The molecule has 1 N–H and O–H groups in total. The second-order valence-corrected chi connectivity index (χ2v) is 6.94. The Morgan fingerprint density at radius 1 is 1.22 bits per heavy atom. The summed E-state index contributed by atoms with van der Waals surface area (Å²) in [6, 6.07) is 5.07. The number of hydrogen-bond acceptors (Lipinski definition) is 5. The van der Waals surface area contributed by atoms with Crippen LogP contribution in [0.25, 0.3) is 0 Å². The van der Waals surface area contributed by atoms with Gasteiger partial charge >= 0.3 is 0 Å². The van der Waals surface area contributed by atoms with Gasteiger partial charge in [-0.3, -0.25) is 9.69 Å². The fourth-order valence-electron chi connectivity index (χ4n) is 2.45. The third-order valence-corrected chi connectivity index (χ3v) is 5.20. The largest absolute Gasteiger partial charge is 0.346 e. The lowest BCUT2D eigenvalue weighted by Crippen LogP contribution is -2.48. The standard InChI is InChI=1S/C15H16Cl2N4OS/c16-12-2-1-11(9-13(12)17)19-14(22)10-20-4-6-21(7-5-20)15-18-3-8-23-15/h1-3,8-9H,4-7,10H2,(H,19,22). The second kappa shape index (κ2) is 7.49. The Hall–Kier alpha value is -1.34. The van der Waals surface area contributed by atoms with E-state index in [0.29, 0.717) is 22.3 Å². The van der Waals surface area contributed by atoms with Crippen LogP contribution in [-0.4, -0.2) is 48.5 Å². The van der Waals surface area contributed by atoms with E-state index in [2.05, 4.69) is 20.1 Å². The Labute approximate surface area is 148 Å². The summed E-state index contributed by atoms with van der Waals surface area (Å²) >= 11 is 13.5.